The molecule has 0 aliphatic carbocycles. The first-order valence-corrected chi connectivity index (χ1v) is 7.75. The number of ether oxygens (including phenoxy) is 2. The Labute approximate surface area is 126 Å². The lowest BCUT2D eigenvalue weighted by molar-refractivity contribution is 0.0877. The van der Waals surface area contributed by atoms with E-state index in [0.717, 1.165) is 37.4 Å². The summed E-state index contributed by atoms with van der Waals surface area (Å²) >= 11 is 0. The van der Waals surface area contributed by atoms with Crippen molar-refractivity contribution in [3.05, 3.63) is 11.9 Å². The largest absolute Gasteiger partial charge is 0.493 e. The summed E-state index contributed by atoms with van der Waals surface area (Å²) in [6.07, 6.45) is 5.89. The van der Waals surface area contributed by atoms with Crippen molar-refractivity contribution in [1.82, 2.24) is 14.7 Å². The molecule has 0 spiro atoms. The fraction of sp³-hybridized carbons (Fsp3) is 0.800. The van der Waals surface area contributed by atoms with E-state index in [1.165, 1.54) is 6.42 Å². The predicted octanol–water partition coefficient (Wildman–Crippen LogP) is 1.02. The van der Waals surface area contributed by atoms with Crippen LogP contribution in [0.25, 0.3) is 0 Å². The molecule has 0 radical (unpaired) electrons. The molecular formula is C15H26N4O2. The molecule has 2 aliphatic rings. The number of hydrogen-bond acceptors (Lipinski definition) is 5. The van der Waals surface area contributed by atoms with Crippen molar-refractivity contribution in [3.8, 4) is 5.75 Å². The van der Waals surface area contributed by atoms with E-state index < -0.39 is 0 Å². The van der Waals surface area contributed by atoms with E-state index in [0.29, 0.717) is 18.1 Å². The smallest absolute Gasteiger partial charge is 0.161 e. The van der Waals surface area contributed by atoms with Gasteiger partial charge in [0.1, 0.15) is 0 Å². The molecule has 2 saturated heterocycles. The first-order valence-electron chi connectivity index (χ1n) is 7.75. The monoisotopic (exact) mass is 294 g/mol. The van der Waals surface area contributed by atoms with Gasteiger partial charge < -0.3 is 20.1 Å². The van der Waals surface area contributed by atoms with Crippen LogP contribution in [-0.2, 0) is 11.3 Å². The fourth-order valence-corrected chi connectivity index (χ4v) is 3.60. The Morgan fingerprint density at radius 3 is 2.90 bits per heavy atom. The molecule has 0 amide bonds. The molecule has 0 saturated carbocycles. The quantitative estimate of drug-likeness (QED) is 0.848. The van der Waals surface area contributed by atoms with E-state index in [9.17, 15) is 0 Å². The maximum Gasteiger partial charge on any atom is 0.161 e. The topological polar surface area (TPSA) is 65.5 Å². The summed E-state index contributed by atoms with van der Waals surface area (Å²) in [5, 5.41) is 4.46. The molecular weight excluding hydrogens is 268 g/mol. The van der Waals surface area contributed by atoms with E-state index in [2.05, 4.69) is 24.1 Å². The normalized spacial score (nSPS) is 29.3. The second kappa shape index (κ2) is 5.94. The zero-order valence-electron chi connectivity index (χ0n) is 13.2. The molecule has 4 atom stereocenters. The molecule has 3 heterocycles. The van der Waals surface area contributed by atoms with Gasteiger partial charge in [-0.2, -0.15) is 5.10 Å². The zero-order chi connectivity index (χ0) is 15.0. The summed E-state index contributed by atoms with van der Waals surface area (Å²) in [6, 6.07) is -0.0695. The summed E-state index contributed by atoms with van der Waals surface area (Å²) in [5.41, 5.74) is 7.59. The van der Waals surface area contributed by atoms with Crippen LogP contribution in [0.5, 0.6) is 5.75 Å². The molecule has 2 bridgehead atoms. The highest BCUT2D eigenvalue weighted by molar-refractivity contribution is 5.29. The van der Waals surface area contributed by atoms with Crippen LogP contribution >= 0.6 is 0 Å². The Bertz CT molecular complexity index is 488. The predicted molar refractivity (Wildman–Crippen MR) is 80.3 cm³/mol. The number of likely N-dealkylation sites (N-methyl/N-ethyl adjacent to an activating group) is 1. The van der Waals surface area contributed by atoms with Crippen molar-refractivity contribution < 1.29 is 9.47 Å². The van der Waals surface area contributed by atoms with Crippen molar-refractivity contribution in [2.75, 3.05) is 27.7 Å². The van der Waals surface area contributed by atoms with Gasteiger partial charge in [0, 0.05) is 12.5 Å². The van der Waals surface area contributed by atoms with Crippen LogP contribution in [0.4, 0.5) is 0 Å². The minimum absolute atomic E-state index is 0.0695. The minimum Gasteiger partial charge on any atom is -0.493 e. The van der Waals surface area contributed by atoms with Crippen LogP contribution in [0.15, 0.2) is 6.20 Å². The average Bonchev–Trinajstić information content (AvgIpc) is 3.18. The summed E-state index contributed by atoms with van der Waals surface area (Å²) in [7, 11) is 5.80. The highest BCUT2D eigenvalue weighted by Crippen LogP contribution is 2.45. The van der Waals surface area contributed by atoms with E-state index in [4.69, 9.17) is 15.2 Å². The fourth-order valence-electron chi connectivity index (χ4n) is 3.60. The lowest BCUT2D eigenvalue weighted by Crippen LogP contribution is -2.32. The van der Waals surface area contributed by atoms with Crippen LogP contribution < -0.4 is 10.5 Å². The van der Waals surface area contributed by atoms with E-state index >= 15 is 0 Å². The third-order valence-electron chi connectivity index (χ3n) is 4.75. The molecule has 118 valence electrons. The van der Waals surface area contributed by atoms with Crippen LogP contribution in [-0.4, -0.2) is 54.6 Å². The van der Waals surface area contributed by atoms with E-state index in [-0.39, 0.29) is 6.04 Å². The Hall–Kier alpha value is -1.11. The van der Waals surface area contributed by atoms with E-state index in [1.54, 1.807) is 13.3 Å². The SMILES string of the molecule is COc1cnn(CCN(C)C)c1C(N)C1CC2CCC1O2. The molecule has 0 aromatic carbocycles. The summed E-state index contributed by atoms with van der Waals surface area (Å²) in [5.74, 6) is 1.18. The third-order valence-corrected chi connectivity index (χ3v) is 4.75. The van der Waals surface area contributed by atoms with Gasteiger partial charge in [0.05, 0.1) is 43.8 Å². The van der Waals surface area contributed by atoms with Crippen LogP contribution in [0.1, 0.15) is 31.0 Å². The highest BCUT2D eigenvalue weighted by Gasteiger charge is 2.45. The van der Waals surface area contributed by atoms with Gasteiger partial charge in [0.25, 0.3) is 0 Å². The molecule has 2 fully saturated rings. The molecule has 4 unspecified atom stereocenters. The van der Waals surface area contributed by atoms with Gasteiger partial charge in [-0.3, -0.25) is 4.68 Å². The second-order valence-corrected chi connectivity index (χ2v) is 6.42. The average molecular weight is 294 g/mol. The van der Waals surface area contributed by atoms with E-state index in [1.807, 2.05) is 4.68 Å². The number of hydrogen-bond donors (Lipinski definition) is 1. The van der Waals surface area contributed by atoms with Crippen molar-refractivity contribution in [2.24, 2.45) is 11.7 Å². The molecule has 21 heavy (non-hydrogen) atoms. The zero-order valence-corrected chi connectivity index (χ0v) is 13.2. The molecule has 6 nitrogen and oxygen atoms in total. The van der Waals surface area contributed by atoms with Gasteiger partial charge in [-0.05, 0) is 33.4 Å². The molecule has 1 aromatic rings. The third kappa shape index (κ3) is 2.80. The number of methoxy groups -OCH3 is 1. The van der Waals surface area contributed by atoms with Crippen molar-refractivity contribution in [3.63, 3.8) is 0 Å². The van der Waals surface area contributed by atoms with Gasteiger partial charge in [0.2, 0.25) is 0 Å². The van der Waals surface area contributed by atoms with Gasteiger partial charge in [0.15, 0.2) is 5.75 Å². The van der Waals surface area contributed by atoms with Crippen LogP contribution in [0.3, 0.4) is 0 Å². The maximum absolute atomic E-state index is 6.58. The molecule has 6 heteroatoms. The van der Waals surface area contributed by atoms with Crippen molar-refractivity contribution >= 4 is 0 Å². The summed E-state index contributed by atoms with van der Waals surface area (Å²) in [4.78, 5) is 2.14. The van der Waals surface area contributed by atoms with Crippen molar-refractivity contribution in [2.45, 2.75) is 44.1 Å². The highest BCUT2D eigenvalue weighted by atomic mass is 16.5. The number of aromatic nitrogens is 2. The van der Waals surface area contributed by atoms with Crippen molar-refractivity contribution in [1.29, 1.82) is 0 Å². The molecule has 2 aliphatic heterocycles. The summed E-state index contributed by atoms with van der Waals surface area (Å²) in [6.45, 7) is 1.75. The molecule has 2 N–H and O–H groups in total. The van der Waals surface area contributed by atoms with Gasteiger partial charge in [-0.1, -0.05) is 0 Å². The standard InChI is InChI=1S/C15H26N4O2/c1-18(2)6-7-19-15(13(20-3)9-17-19)14(16)11-8-10-4-5-12(11)21-10/h9-12,14H,4-8,16H2,1-3H3. The lowest BCUT2D eigenvalue weighted by atomic mass is 9.83. The first-order chi connectivity index (χ1) is 10.1. The Morgan fingerprint density at radius 1 is 1.52 bits per heavy atom. The number of nitrogens with zero attached hydrogens (tertiary/aromatic N) is 3. The maximum atomic E-state index is 6.58. The second-order valence-electron chi connectivity index (χ2n) is 6.42. The van der Waals surface area contributed by atoms with Crippen LogP contribution in [0.2, 0.25) is 0 Å². The Kier molecular flexibility index (Phi) is 4.19. The van der Waals surface area contributed by atoms with Gasteiger partial charge in [-0.15, -0.1) is 0 Å². The number of nitrogens with two attached hydrogens (primary N) is 1. The summed E-state index contributed by atoms with van der Waals surface area (Å²) < 4.78 is 13.4. The Balaban J connectivity index is 1.80. The molecule has 3 rings (SSSR count). The first kappa shape index (κ1) is 14.8. The lowest BCUT2D eigenvalue weighted by Gasteiger charge is -2.26. The number of fused-ring (bicyclic) bond motifs is 2. The van der Waals surface area contributed by atoms with Crippen LogP contribution in [0, 0.1) is 5.92 Å². The van der Waals surface area contributed by atoms with Gasteiger partial charge >= 0.3 is 0 Å². The number of rotatable bonds is 6. The molecule has 1 aromatic heterocycles. The minimum atomic E-state index is -0.0695. The van der Waals surface area contributed by atoms with Gasteiger partial charge in [-0.25, -0.2) is 0 Å². The Morgan fingerprint density at radius 2 is 2.33 bits per heavy atom.